The molecule has 0 saturated heterocycles. The summed E-state index contributed by atoms with van der Waals surface area (Å²) in [4.78, 5) is 4.78. The van der Waals surface area contributed by atoms with Gasteiger partial charge >= 0.3 is 0 Å². The van der Waals surface area contributed by atoms with Crippen LogP contribution < -0.4 is 0 Å². The van der Waals surface area contributed by atoms with Crippen molar-refractivity contribution in [3.05, 3.63) is 0 Å². The molecule has 0 unspecified atom stereocenters. The van der Waals surface area contributed by atoms with Gasteiger partial charge < -0.3 is 0 Å². The highest BCUT2D eigenvalue weighted by Crippen LogP contribution is 1.94. The zero-order valence-electron chi connectivity index (χ0n) is 4.92. The molecule has 0 aliphatic heterocycles. The molecule has 0 radical (unpaired) electrons. The Bertz CT molecular complexity index is 82.1. The van der Waals surface area contributed by atoms with Gasteiger partial charge in [0.1, 0.15) is 0 Å². The molecule has 0 saturated carbocycles. The van der Waals surface area contributed by atoms with Crippen LogP contribution in [0, 0.1) is 0 Å². The van der Waals surface area contributed by atoms with Crippen molar-refractivity contribution in [3.63, 3.8) is 0 Å². The number of thiol groups is 1. The van der Waals surface area contributed by atoms with Gasteiger partial charge in [-0.3, -0.25) is 4.84 Å². The molecular formula is C4H9NOS2. The third-order valence-corrected chi connectivity index (χ3v) is 1.15. The second kappa shape index (κ2) is 4.12. The number of hydrogen-bond donors (Lipinski definition) is 1. The van der Waals surface area contributed by atoms with Gasteiger partial charge in [0, 0.05) is 6.54 Å². The van der Waals surface area contributed by atoms with Crippen molar-refractivity contribution in [1.82, 2.24) is 5.06 Å². The number of rotatable bonds is 2. The maximum atomic E-state index is 4.78. The molecule has 0 aromatic heterocycles. The van der Waals surface area contributed by atoms with Crippen molar-refractivity contribution in [2.45, 2.75) is 6.92 Å². The van der Waals surface area contributed by atoms with Crippen LogP contribution in [0.15, 0.2) is 0 Å². The van der Waals surface area contributed by atoms with Crippen LogP contribution in [0.25, 0.3) is 0 Å². The van der Waals surface area contributed by atoms with Gasteiger partial charge in [0.15, 0.2) is 4.32 Å². The summed E-state index contributed by atoms with van der Waals surface area (Å²) in [6.07, 6.45) is 0. The second-order valence-electron chi connectivity index (χ2n) is 1.16. The zero-order chi connectivity index (χ0) is 6.57. The third kappa shape index (κ3) is 2.49. The smallest absolute Gasteiger partial charge is 0.157 e. The molecule has 0 amide bonds. The third-order valence-electron chi connectivity index (χ3n) is 0.721. The van der Waals surface area contributed by atoms with E-state index < -0.39 is 0 Å². The first-order valence-electron chi connectivity index (χ1n) is 2.27. The highest BCUT2D eigenvalue weighted by atomic mass is 32.1. The van der Waals surface area contributed by atoms with E-state index in [1.165, 1.54) is 5.06 Å². The van der Waals surface area contributed by atoms with Gasteiger partial charge in [0.05, 0.1) is 7.11 Å². The average molecular weight is 151 g/mol. The van der Waals surface area contributed by atoms with E-state index in [0.717, 1.165) is 6.54 Å². The van der Waals surface area contributed by atoms with E-state index in [4.69, 9.17) is 4.84 Å². The van der Waals surface area contributed by atoms with Crippen LogP contribution in [-0.4, -0.2) is 23.0 Å². The minimum Gasteiger partial charge on any atom is -0.276 e. The van der Waals surface area contributed by atoms with Crippen molar-refractivity contribution in [2.24, 2.45) is 0 Å². The molecule has 0 aliphatic rings. The molecular weight excluding hydrogens is 142 g/mol. The molecule has 0 rings (SSSR count). The normalized spacial score (nSPS) is 8.88. The first-order chi connectivity index (χ1) is 3.72. The van der Waals surface area contributed by atoms with Gasteiger partial charge in [-0.2, -0.15) is 0 Å². The molecule has 0 aliphatic carbocycles. The average Bonchev–Trinajstić information content (AvgIpc) is 1.69. The molecule has 0 fully saturated rings. The summed E-state index contributed by atoms with van der Waals surface area (Å²) in [5.41, 5.74) is 0. The quantitative estimate of drug-likeness (QED) is 0.360. The Hall–Kier alpha value is 0.200. The SMILES string of the molecule is CCN(OC)C(=S)S. The lowest BCUT2D eigenvalue weighted by Crippen LogP contribution is -2.23. The van der Waals surface area contributed by atoms with E-state index in [1.807, 2.05) is 6.92 Å². The largest absolute Gasteiger partial charge is 0.276 e. The molecule has 0 heterocycles. The van der Waals surface area contributed by atoms with Crippen LogP contribution in [0.4, 0.5) is 0 Å². The summed E-state index contributed by atoms with van der Waals surface area (Å²) in [6, 6.07) is 0. The Kier molecular flexibility index (Phi) is 4.22. The van der Waals surface area contributed by atoms with Crippen LogP contribution >= 0.6 is 24.8 Å². The molecule has 4 heteroatoms. The lowest BCUT2D eigenvalue weighted by atomic mass is 10.8. The molecule has 0 aromatic carbocycles. The van der Waals surface area contributed by atoms with Crippen molar-refractivity contribution in [1.29, 1.82) is 0 Å². The fourth-order valence-corrected chi connectivity index (χ4v) is 0.769. The number of hydrogen-bond acceptors (Lipinski definition) is 2. The standard InChI is InChI=1S/C4H9NOS2/c1-3-5(6-2)4(7)8/h3H2,1-2H3,(H,7,8). The zero-order valence-corrected chi connectivity index (χ0v) is 6.63. The maximum absolute atomic E-state index is 4.78. The molecule has 0 atom stereocenters. The fourth-order valence-electron chi connectivity index (χ4n) is 0.342. The minimum absolute atomic E-state index is 0.468. The summed E-state index contributed by atoms with van der Waals surface area (Å²) < 4.78 is 0.468. The highest BCUT2D eigenvalue weighted by molar-refractivity contribution is 8.10. The van der Waals surface area contributed by atoms with Crippen molar-refractivity contribution in [3.8, 4) is 0 Å². The van der Waals surface area contributed by atoms with Crippen molar-refractivity contribution < 1.29 is 4.84 Å². The summed E-state index contributed by atoms with van der Waals surface area (Å²) in [7, 11) is 1.56. The summed E-state index contributed by atoms with van der Waals surface area (Å²) in [5, 5.41) is 1.51. The predicted octanol–water partition coefficient (Wildman–Crippen LogP) is 1.08. The second-order valence-corrected chi connectivity index (χ2v) is 2.27. The molecule has 8 heavy (non-hydrogen) atoms. The van der Waals surface area contributed by atoms with Crippen LogP contribution in [-0.2, 0) is 4.84 Å². The molecule has 0 aromatic rings. The minimum atomic E-state index is 0.468. The van der Waals surface area contributed by atoms with E-state index in [9.17, 15) is 0 Å². The summed E-state index contributed by atoms with van der Waals surface area (Å²) >= 11 is 8.57. The lowest BCUT2D eigenvalue weighted by Gasteiger charge is -2.15. The first kappa shape index (κ1) is 8.20. The van der Waals surface area contributed by atoms with Gasteiger partial charge in [-0.25, -0.2) is 5.06 Å². The monoisotopic (exact) mass is 151 g/mol. The van der Waals surface area contributed by atoms with Crippen molar-refractivity contribution in [2.75, 3.05) is 13.7 Å². The Morgan fingerprint density at radius 3 is 2.38 bits per heavy atom. The molecule has 48 valence electrons. The Labute approximate surface area is 60.2 Å². The summed E-state index contributed by atoms with van der Waals surface area (Å²) in [5.74, 6) is 0. The Balaban J connectivity index is 3.52. The molecule has 2 nitrogen and oxygen atoms in total. The van der Waals surface area contributed by atoms with E-state index in [1.54, 1.807) is 7.11 Å². The topological polar surface area (TPSA) is 12.5 Å². The van der Waals surface area contributed by atoms with Crippen LogP contribution in [0.1, 0.15) is 6.92 Å². The fraction of sp³-hybridized carbons (Fsp3) is 0.750. The number of thiocarbonyl (C=S) groups is 1. The lowest BCUT2D eigenvalue weighted by molar-refractivity contribution is -0.0546. The van der Waals surface area contributed by atoms with Crippen LogP contribution in [0.2, 0.25) is 0 Å². The Morgan fingerprint density at radius 1 is 1.88 bits per heavy atom. The maximum Gasteiger partial charge on any atom is 0.157 e. The molecule has 0 N–H and O–H groups in total. The van der Waals surface area contributed by atoms with Crippen LogP contribution in [0.5, 0.6) is 0 Å². The van der Waals surface area contributed by atoms with Crippen LogP contribution in [0.3, 0.4) is 0 Å². The van der Waals surface area contributed by atoms with Gasteiger partial charge in [-0.1, -0.05) is 12.2 Å². The molecule has 0 bridgehead atoms. The number of hydroxylamine groups is 2. The van der Waals surface area contributed by atoms with E-state index in [0.29, 0.717) is 4.32 Å². The van der Waals surface area contributed by atoms with E-state index >= 15 is 0 Å². The Morgan fingerprint density at radius 2 is 2.38 bits per heavy atom. The van der Waals surface area contributed by atoms with Gasteiger partial charge in [0.2, 0.25) is 0 Å². The van der Waals surface area contributed by atoms with Gasteiger partial charge in [-0.15, -0.1) is 12.6 Å². The highest BCUT2D eigenvalue weighted by Gasteiger charge is 1.97. The predicted molar refractivity (Wildman–Crippen MR) is 41.0 cm³/mol. The van der Waals surface area contributed by atoms with Gasteiger partial charge in [0.25, 0.3) is 0 Å². The first-order valence-corrected chi connectivity index (χ1v) is 3.12. The van der Waals surface area contributed by atoms with E-state index in [2.05, 4.69) is 24.8 Å². The van der Waals surface area contributed by atoms with Gasteiger partial charge in [-0.05, 0) is 6.92 Å². The molecule has 0 spiro atoms. The summed E-state index contributed by atoms with van der Waals surface area (Å²) in [6.45, 7) is 2.67. The van der Waals surface area contributed by atoms with Crippen molar-refractivity contribution >= 4 is 29.2 Å². The number of nitrogens with zero attached hydrogens (tertiary/aromatic N) is 1. The van der Waals surface area contributed by atoms with E-state index in [-0.39, 0.29) is 0 Å².